The molecule has 0 heterocycles. The van der Waals surface area contributed by atoms with Gasteiger partial charge in [-0.15, -0.1) is 0 Å². The van der Waals surface area contributed by atoms with Crippen molar-refractivity contribution in [1.82, 2.24) is 0 Å². The zero-order chi connectivity index (χ0) is 40.1. The van der Waals surface area contributed by atoms with Crippen LogP contribution in [0.5, 0.6) is 0 Å². The first-order valence-corrected chi connectivity index (χ1v) is 30.2. The van der Waals surface area contributed by atoms with E-state index in [2.05, 4.69) is 65.6 Å². The number of rotatable bonds is 40. The Kier molecular flexibility index (Phi) is 38.9. The quantitative estimate of drug-likeness (QED) is 0.0323. The molecule has 6 nitrogen and oxygen atoms in total. The van der Waals surface area contributed by atoms with Crippen LogP contribution in [-0.2, 0) is 23.6 Å². The molecule has 0 rings (SSSR count). The number of carbonyl (C=O) groups is 3. The third-order valence-corrected chi connectivity index (χ3v) is 19.2. The summed E-state index contributed by atoms with van der Waals surface area (Å²) in [6.07, 6.45) is 32.2. The fourth-order valence-electron chi connectivity index (χ4n) is 6.94. The van der Waals surface area contributed by atoms with Crippen molar-refractivity contribution in [3.8, 4) is 0 Å². The Bertz CT molecular complexity index is 797. The molecule has 0 N–H and O–H groups in total. The fourth-order valence-corrected chi connectivity index (χ4v) is 15.2. The number of carbonyl (C=O) groups excluding carboxylic acids is 3. The Morgan fingerprint density at radius 3 is 0.833 bits per heavy atom. The van der Waals surface area contributed by atoms with Crippen LogP contribution in [-0.4, -0.2) is 54.8 Å². The van der Waals surface area contributed by atoms with Crippen LogP contribution in [0, 0.1) is 17.8 Å². The van der Waals surface area contributed by atoms with Gasteiger partial charge in [-0.25, -0.2) is 0 Å². The van der Waals surface area contributed by atoms with E-state index in [1.165, 1.54) is 83.5 Å². The van der Waals surface area contributed by atoms with Gasteiger partial charge in [-0.05, 0) is 0 Å². The third-order valence-electron chi connectivity index (χ3n) is 10.7. The Labute approximate surface area is 356 Å². The molecule has 0 bridgehead atoms. The molecule has 0 aromatic carbocycles. The molecule has 3 atom stereocenters. The van der Waals surface area contributed by atoms with Gasteiger partial charge in [0, 0.05) is 0 Å². The van der Waals surface area contributed by atoms with Gasteiger partial charge in [-0.1, -0.05) is 0 Å². The van der Waals surface area contributed by atoms with Crippen molar-refractivity contribution in [1.29, 1.82) is 0 Å². The minimum atomic E-state index is -5.19. The van der Waals surface area contributed by atoms with E-state index in [0.717, 1.165) is 83.5 Å². The van der Waals surface area contributed by atoms with Crippen LogP contribution in [0.4, 0.5) is 0 Å². The van der Waals surface area contributed by atoms with E-state index in [1.807, 2.05) is 0 Å². The maximum absolute atomic E-state index is 14.0. The summed E-state index contributed by atoms with van der Waals surface area (Å²) < 4.78 is 19.5. The predicted molar refractivity (Wildman–Crippen MR) is 242 cm³/mol. The summed E-state index contributed by atoms with van der Waals surface area (Å²) in [6.45, 7) is 8.86. The van der Waals surface area contributed by atoms with Gasteiger partial charge in [0.15, 0.2) is 0 Å². The fraction of sp³-hybridized carbons (Fsp3) is 0.932. The second-order valence-corrected chi connectivity index (χ2v) is 24.0. The molecule has 10 heteroatoms. The van der Waals surface area contributed by atoms with Crippen LogP contribution >= 0.6 is 37.9 Å². The number of thiol groups is 3. The normalized spacial score (nSPS) is 14.3. The predicted octanol–water partition coefficient (Wildman–Crippen LogP) is 14.0. The van der Waals surface area contributed by atoms with Crippen molar-refractivity contribution in [2.45, 2.75) is 225 Å². The van der Waals surface area contributed by atoms with Crippen LogP contribution in [0.2, 0.25) is 4.44 Å². The summed E-state index contributed by atoms with van der Waals surface area (Å²) in [7, 11) is 0. The molecule has 0 fully saturated rings. The Morgan fingerprint density at radius 2 is 0.593 bits per heavy atom. The Hall–Kier alpha value is 0.259. The molecule has 0 aliphatic carbocycles. The molecule has 0 amide bonds. The first-order chi connectivity index (χ1) is 26.3. The van der Waals surface area contributed by atoms with Crippen LogP contribution < -0.4 is 0 Å². The molecule has 0 aliphatic heterocycles. The monoisotopic (exact) mass is 926 g/mol. The molecule has 0 aliphatic rings. The number of hydrogen-bond acceptors (Lipinski definition) is 9. The third kappa shape index (κ3) is 28.6. The summed E-state index contributed by atoms with van der Waals surface area (Å²) >= 11 is 8.51. The van der Waals surface area contributed by atoms with Gasteiger partial charge >= 0.3 is 359 Å². The van der Waals surface area contributed by atoms with Crippen molar-refractivity contribution in [3.05, 3.63) is 0 Å². The van der Waals surface area contributed by atoms with Gasteiger partial charge in [0.1, 0.15) is 0 Å². The Balaban J connectivity index is 6.13. The summed E-state index contributed by atoms with van der Waals surface area (Å²) in [5, 5.41) is 0. The number of hydrogen-bond donors (Lipinski definition) is 3. The van der Waals surface area contributed by atoms with Crippen LogP contribution in [0.1, 0.15) is 220 Å². The van der Waals surface area contributed by atoms with Crippen molar-refractivity contribution in [2.75, 3.05) is 17.3 Å². The molecular formula is C44H86O6S3Sn. The first-order valence-electron chi connectivity index (χ1n) is 22.8. The summed E-state index contributed by atoms with van der Waals surface area (Å²) in [4.78, 5) is 42.1. The van der Waals surface area contributed by atoms with E-state index in [9.17, 15) is 14.4 Å². The van der Waals surface area contributed by atoms with Crippen molar-refractivity contribution in [3.63, 3.8) is 0 Å². The first kappa shape index (κ1) is 54.3. The van der Waals surface area contributed by atoms with E-state index in [4.69, 9.17) is 9.22 Å². The number of unbranched alkanes of at least 4 members (excludes halogenated alkanes) is 23. The van der Waals surface area contributed by atoms with Crippen molar-refractivity contribution >= 4 is 75.4 Å². The molecule has 54 heavy (non-hydrogen) atoms. The maximum atomic E-state index is 14.0. The molecule has 0 aromatic rings. The Morgan fingerprint density at radius 1 is 0.370 bits per heavy atom. The van der Waals surface area contributed by atoms with Crippen molar-refractivity contribution < 1.29 is 23.6 Å². The topological polar surface area (TPSA) is 78.9 Å². The summed E-state index contributed by atoms with van der Waals surface area (Å²) in [5.74, 6) is -1.59. The molecule has 0 saturated heterocycles. The van der Waals surface area contributed by atoms with Gasteiger partial charge in [-0.3, -0.25) is 0 Å². The van der Waals surface area contributed by atoms with E-state index >= 15 is 0 Å². The van der Waals surface area contributed by atoms with Crippen LogP contribution in [0.3, 0.4) is 0 Å². The second-order valence-electron chi connectivity index (χ2n) is 15.8. The zero-order valence-corrected chi connectivity index (χ0v) is 41.1. The molecule has 3 unspecified atom stereocenters. The van der Waals surface area contributed by atoms with Gasteiger partial charge in [0.25, 0.3) is 0 Å². The van der Waals surface area contributed by atoms with Gasteiger partial charge in [0.2, 0.25) is 0 Å². The zero-order valence-electron chi connectivity index (χ0n) is 35.6. The van der Waals surface area contributed by atoms with Gasteiger partial charge in [-0.2, -0.15) is 0 Å². The molecule has 0 saturated carbocycles. The second kappa shape index (κ2) is 38.8. The average molecular weight is 926 g/mol. The SMILES string of the molecule is CCCCCCCCCC(CS)C(=O)[O][Sn]([CH2]CCCCCCC)([O]C(=O)C(CS)CCCCCCCCC)[O]C(=O)C(CS)CCCCCCCCC. The molecule has 320 valence electrons. The molecular weight excluding hydrogens is 839 g/mol. The van der Waals surface area contributed by atoms with E-state index in [-0.39, 0.29) is 0 Å². The summed E-state index contributed by atoms with van der Waals surface area (Å²) in [5.41, 5.74) is 0. The van der Waals surface area contributed by atoms with E-state index < -0.39 is 55.3 Å². The van der Waals surface area contributed by atoms with Gasteiger partial charge < -0.3 is 0 Å². The van der Waals surface area contributed by atoms with Crippen molar-refractivity contribution in [2.24, 2.45) is 17.8 Å². The molecule has 0 spiro atoms. The van der Waals surface area contributed by atoms with Crippen LogP contribution in [0.25, 0.3) is 0 Å². The minimum absolute atomic E-state index is 0.314. The standard InChI is InChI=1S/3C12H24O2S.C8H17.Sn/c3*1-2-3-4-5-6-7-8-9-11(10-15)12(13)14;1-3-5-7-8-6-4-2;/h3*11,15H,2-10H2,1H3,(H,13,14);1,3-8H2,2H3;/q;;;;+3/p-3. The van der Waals surface area contributed by atoms with E-state index in [1.54, 1.807) is 0 Å². The van der Waals surface area contributed by atoms with Crippen LogP contribution in [0.15, 0.2) is 0 Å². The summed E-state index contributed by atoms with van der Waals surface area (Å²) in [6, 6.07) is 0. The van der Waals surface area contributed by atoms with E-state index in [0.29, 0.717) is 47.4 Å². The molecule has 0 radical (unpaired) electrons. The molecule has 0 aromatic heterocycles. The average Bonchev–Trinajstić information content (AvgIpc) is 3.16. The van der Waals surface area contributed by atoms with Gasteiger partial charge in [0.05, 0.1) is 0 Å².